The largest absolute Gasteiger partial charge is 0.418 e. The number of amides is 3. The molecule has 0 saturated carbocycles. The Hall–Kier alpha value is -4.29. The molecule has 0 aliphatic carbocycles. The number of halogens is 3. The number of likely N-dealkylation sites (tertiary alicyclic amines) is 1. The summed E-state index contributed by atoms with van der Waals surface area (Å²) in [5.74, 6) is -0.198. The minimum Gasteiger partial charge on any atom is -0.368 e. The van der Waals surface area contributed by atoms with E-state index in [-0.39, 0.29) is 24.4 Å². The molecule has 13 nitrogen and oxygen atoms in total. The summed E-state index contributed by atoms with van der Waals surface area (Å²) in [5, 5.41) is 27.6. The van der Waals surface area contributed by atoms with Crippen molar-refractivity contribution in [2.24, 2.45) is 0 Å². The molecule has 17 heteroatoms. The molecule has 1 saturated heterocycles. The third kappa shape index (κ3) is 10.1. The zero-order chi connectivity index (χ0) is 35.9. The molecule has 3 amide bonds. The summed E-state index contributed by atoms with van der Waals surface area (Å²) < 4.78 is 74.9. The summed E-state index contributed by atoms with van der Waals surface area (Å²) in [4.78, 5) is 31.4. The van der Waals surface area contributed by atoms with Gasteiger partial charge in [-0.15, -0.1) is 0 Å². The number of pyridine rings is 1. The standard InChI is InChI=1S/C32H39F3N6O7S/c1-19-12-20(2)29(21(3)13-19)49(46,47)40-26(30(43)44)16-38-28(42)18-48-23-14-22(15-37-27-10-6-7-11-36-27)41(17-23)31(45)39-25-9-5-4-8-24(25)32(33,34)35/h4-13,22-23,26,30,40,43-44H,14-18H2,1-3H3,(H,36,37)(H,38,42)(H,39,45)/t22-,23+,26-/m0/s1. The summed E-state index contributed by atoms with van der Waals surface area (Å²) in [6.45, 7) is 4.14. The van der Waals surface area contributed by atoms with Crippen molar-refractivity contribution in [1.29, 1.82) is 0 Å². The molecule has 0 spiro atoms. The molecule has 49 heavy (non-hydrogen) atoms. The van der Waals surface area contributed by atoms with Crippen molar-refractivity contribution in [1.82, 2.24) is 19.9 Å². The summed E-state index contributed by atoms with van der Waals surface area (Å²) >= 11 is 0. The molecule has 2 aromatic carbocycles. The number of carbonyl (C=O) groups excluding carboxylic acids is 2. The monoisotopic (exact) mass is 708 g/mol. The molecule has 1 aliphatic rings. The number of alkyl halides is 3. The Morgan fingerprint density at radius 2 is 1.73 bits per heavy atom. The number of sulfonamides is 1. The van der Waals surface area contributed by atoms with E-state index in [0.717, 1.165) is 17.7 Å². The van der Waals surface area contributed by atoms with E-state index in [1.165, 1.54) is 17.0 Å². The number of para-hydroxylation sites is 1. The molecular weight excluding hydrogens is 669 g/mol. The number of aliphatic hydroxyl groups excluding tert-OH is 1. The Morgan fingerprint density at radius 1 is 1.06 bits per heavy atom. The molecule has 1 fully saturated rings. The lowest BCUT2D eigenvalue weighted by Gasteiger charge is -2.26. The zero-order valence-electron chi connectivity index (χ0n) is 27.0. The quantitative estimate of drug-likeness (QED) is 0.146. The predicted molar refractivity (Wildman–Crippen MR) is 174 cm³/mol. The smallest absolute Gasteiger partial charge is 0.368 e. The van der Waals surface area contributed by atoms with Gasteiger partial charge in [-0.25, -0.2) is 22.9 Å². The second-order valence-corrected chi connectivity index (χ2v) is 13.4. The second-order valence-electron chi connectivity index (χ2n) is 11.7. The summed E-state index contributed by atoms with van der Waals surface area (Å²) in [6.07, 6.45) is -5.77. The van der Waals surface area contributed by atoms with Crippen LogP contribution in [0.15, 0.2) is 65.7 Å². The first-order chi connectivity index (χ1) is 23.0. The number of nitrogens with zero attached hydrogens (tertiary/aromatic N) is 2. The SMILES string of the molecule is Cc1cc(C)c(S(=O)(=O)N[C@@H](CNC(=O)CO[C@@H]2C[C@@H](CNc3ccccn3)N(C(=O)Nc3ccccc3C(F)(F)F)C2)C(O)O)c(C)c1. The fraction of sp³-hybridized carbons (Fsp3) is 0.406. The van der Waals surface area contributed by atoms with Crippen LogP contribution in [0.2, 0.25) is 0 Å². The van der Waals surface area contributed by atoms with Crippen molar-refractivity contribution < 1.29 is 46.1 Å². The van der Waals surface area contributed by atoms with Crippen LogP contribution in [0.5, 0.6) is 0 Å². The fourth-order valence-electron chi connectivity index (χ4n) is 5.68. The van der Waals surface area contributed by atoms with E-state index in [4.69, 9.17) is 4.74 Å². The number of ether oxygens (including phenoxy) is 1. The minimum absolute atomic E-state index is 0.0118. The first-order valence-electron chi connectivity index (χ1n) is 15.3. The van der Waals surface area contributed by atoms with Crippen molar-refractivity contribution in [3.8, 4) is 0 Å². The maximum absolute atomic E-state index is 13.6. The minimum atomic E-state index is -4.70. The van der Waals surface area contributed by atoms with Crippen molar-refractivity contribution in [2.45, 2.75) is 62.7 Å². The molecule has 3 atom stereocenters. The van der Waals surface area contributed by atoms with Crippen LogP contribution in [0.3, 0.4) is 0 Å². The number of carbonyl (C=O) groups is 2. The average molecular weight is 709 g/mol. The molecule has 0 bridgehead atoms. The maximum atomic E-state index is 13.6. The highest BCUT2D eigenvalue weighted by Gasteiger charge is 2.38. The van der Waals surface area contributed by atoms with Gasteiger partial charge >= 0.3 is 12.2 Å². The Balaban J connectivity index is 1.38. The van der Waals surface area contributed by atoms with Gasteiger partial charge in [0.05, 0.1) is 34.3 Å². The van der Waals surface area contributed by atoms with Gasteiger partial charge in [-0.1, -0.05) is 35.9 Å². The van der Waals surface area contributed by atoms with Gasteiger partial charge in [0.25, 0.3) is 0 Å². The molecule has 6 N–H and O–H groups in total. The number of aryl methyl sites for hydroxylation is 3. The fourth-order valence-corrected chi connectivity index (χ4v) is 7.36. The van der Waals surface area contributed by atoms with E-state index in [9.17, 15) is 41.4 Å². The normalized spacial score (nSPS) is 17.2. The number of benzene rings is 2. The highest BCUT2D eigenvalue weighted by Crippen LogP contribution is 2.35. The molecule has 2 heterocycles. The number of aliphatic hydroxyl groups is 2. The lowest BCUT2D eigenvalue weighted by molar-refractivity contribution is -0.137. The van der Waals surface area contributed by atoms with Crippen molar-refractivity contribution in [3.63, 3.8) is 0 Å². The van der Waals surface area contributed by atoms with Gasteiger partial charge in [-0.2, -0.15) is 13.2 Å². The van der Waals surface area contributed by atoms with Gasteiger partial charge in [-0.05, 0) is 62.6 Å². The molecular formula is C32H39F3N6O7S. The number of rotatable bonds is 13. The van der Waals surface area contributed by atoms with Gasteiger partial charge in [0, 0.05) is 25.8 Å². The summed E-state index contributed by atoms with van der Waals surface area (Å²) in [5.41, 5.74) is 0.363. The molecule has 266 valence electrons. The maximum Gasteiger partial charge on any atom is 0.418 e. The molecule has 0 radical (unpaired) electrons. The van der Waals surface area contributed by atoms with Crippen LogP contribution in [0.1, 0.15) is 28.7 Å². The predicted octanol–water partition coefficient (Wildman–Crippen LogP) is 2.90. The van der Waals surface area contributed by atoms with Crippen LogP contribution in [-0.4, -0.2) is 91.2 Å². The zero-order valence-corrected chi connectivity index (χ0v) is 27.8. The van der Waals surface area contributed by atoms with E-state index in [1.54, 1.807) is 50.4 Å². The van der Waals surface area contributed by atoms with E-state index >= 15 is 0 Å². The van der Waals surface area contributed by atoms with E-state index in [1.807, 2.05) is 6.92 Å². The van der Waals surface area contributed by atoms with Crippen LogP contribution in [0, 0.1) is 20.8 Å². The van der Waals surface area contributed by atoms with Crippen LogP contribution in [-0.2, 0) is 25.7 Å². The van der Waals surface area contributed by atoms with E-state index < -0.39 is 77.0 Å². The number of hydrogen-bond donors (Lipinski definition) is 6. The van der Waals surface area contributed by atoms with Gasteiger partial charge in [0.15, 0.2) is 6.29 Å². The topological polar surface area (TPSA) is 182 Å². The third-order valence-corrected chi connectivity index (χ3v) is 9.60. The van der Waals surface area contributed by atoms with Gasteiger partial charge in [0.2, 0.25) is 15.9 Å². The van der Waals surface area contributed by atoms with Crippen LogP contribution in [0.25, 0.3) is 0 Å². The molecule has 1 aromatic heterocycles. The van der Waals surface area contributed by atoms with Crippen LogP contribution >= 0.6 is 0 Å². The van der Waals surface area contributed by atoms with Crippen molar-refractivity contribution >= 4 is 33.5 Å². The number of aromatic nitrogens is 1. The number of hydrogen-bond acceptors (Lipinski definition) is 9. The Labute approximate surface area is 281 Å². The summed E-state index contributed by atoms with van der Waals surface area (Å²) in [6, 6.07) is 10.3. The van der Waals surface area contributed by atoms with Crippen LogP contribution in [0.4, 0.5) is 29.5 Å². The second kappa shape index (κ2) is 15.9. The average Bonchev–Trinajstić information content (AvgIpc) is 3.43. The van der Waals surface area contributed by atoms with Crippen molar-refractivity contribution in [3.05, 3.63) is 83.0 Å². The Bertz CT molecular complexity index is 1700. The summed E-state index contributed by atoms with van der Waals surface area (Å²) in [7, 11) is -4.20. The van der Waals surface area contributed by atoms with Gasteiger partial charge in [-0.3, -0.25) is 4.79 Å². The number of urea groups is 1. The molecule has 3 aromatic rings. The Kier molecular flexibility index (Phi) is 12.2. The molecule has 1 aliphatic heterocycles. The lowest BCUT2D eigenvalue weighted by Crippen LogP contribution is -2.51. The van der Waals surface area contributed by atoms with Crippen molar-refractivity contribution in [2.75, 3.05) is 36.9 Å². The highest BCUT2D eigenvalue weighted by atomic mass is 32.2. The molecule has 4 rings (SSSR count). The first-order valence-corrected chi connectivity index (χ1v) is 16.8. The van der Waals surface area contributed by atoms with E-state index in [2.05, 4.69) is 25.7 Å². The van der Waals surface area contributed by atoms with Gasteiger partial charge < -0.3 is 35.8 Å². The number of nitrogens with one attached hydrogen (secondary N) is 4. The first kappa shape index (κ1) is 37.5. The highest BCUT2D eigenvalue weighted by molar-refractivity contribution is 7.89. The van der Waals surface area contributed by atoms with E-state index in [0.29, 0.717) is 16.9 Å². The Morgan fingerprint density at radius 3 is 2.37 bits per heavy atom. The van der Waals surface area contributed by atoms with Gasteiger partial charge in [0.1, 0.15) is 12.4 Å². The number of anilines is 2. The van der Waals surface area contributed by atoms with Crippen LogP contribution < -0.4 is 20.7 Å². The third-order valence-electron chi connectivity index (χ3n) is 7.80. The molecule has 0 unspecified atom stereocenters. The lowest BCUT2D eigenvalue weighted by atomic mass is 10.1.